The molecule has 1 amide bonds. The predicted molar refractivity (Wildman–Crippen MR) is 112 cm³/mol. The smallest absolute Gasteiger partial charge is 0.236 e. The van der Waals surface area contributed by atoms with E-state index in [2.05, 4.69) is 10.2 Å². The molecule has 2 heterocycles. The van der Waals surface area contributed by atoms with Gasteiger partial charge in [0.25, 0.3) is 0 Å². The van der Waals surface area contributed by atoms with Crippen molar-refractivity contribution in [3.8, 4) is 0 Å². The van der Waals surface area contributed by atoms with Crippen molar-refractivity contribution in [2.24, 2.45) is 0 Å². The lowest BCUT2D eigenvalue weighted by atomic mass is 9.94. The van der Waals surface area contributed by atoms with Crippen molar-refractivity contribution in [3.05, 3.63) is 17.6 Å². The number of nitrogens with zero attached hydrogens (tertiary/aromatic N) is 5. The third kappa shape index (κ3) is 5.00. The van der Waals surface area contributed by atoms with Gasteiger partial charge in [0.05, 0.1) is 18.3 Å². The Kier molecular flexibility index (Phi) is 7.24. The summed E-state index contributed by atoms with van der Waals surface area (Å²) < 4.78 is 0. The summed E-state index contributed by atoms with van der Waals surface area (Å²) in [6, 6.07) is 2.57. The van der Waals surface area contributed by atoms with Gasteiger partial charge in [0.15, 0.2) is 0 Å². The Bertz CT molecular complexity index is 658. The van der Waals surface area contributed by atoms with E-state index in [9.17, 15) is 4.79 Å². The molecule has 1 atom stereocenters. The molecule has 1 saturated carbocycles. The average Bonchev–Trinajstić information content (AvgIpc) is 3.16. The number of likely N-dealkylation sites (N-methyl/N-ethyl adjacent to an activating group) is 1. The van der Waals surface area contributed by atoms with Crippen molar-refractivity contribution in [1.29, 1.82) is 0 Å². The topological polar surface area (TPSA) is 64.6 Å². The minimum atomic E-state index is 0.124. The highest BCUT2D eigenvalue weighted by Crippen LogP contribution is 2.31. The summed E-state index contributed by atoms with van der Waals surface area (Å²) in [7, 11) is 7.92. The molecule has 0 bridgehead atoms. The van der Waals surface area contributed by atoms with Crippen LogP contribution in [0.4, 0.5) is 5.82 Å². The first-order valence-electron chi connectivity index (χ1n) is 10.7. The van der Waals surface area contributed by atoms with Crippen LogP contribution in [0, 0.1) is 0 Å². The number of rotatable bonds is 7. The van der Waals surface area contributed by atoms with Gasteiger partial charge in [-0.05, 0) is 39.3 Å². The summed E-state index contributed by atoms with van der Waals surface area (Å²) in [5, 5.41) is 3.18. The van der Waals surface area contributed by atoms with E-state index in [0.717, 1.165) is 49.6 Å². The third-order valence-electron chi connectivity index (χ3n) is 6.11. The van der Waals surface area contributed by atoms with Crippen LogP contribution in [-0.4, -0.2) is 73.0 Å². The molecule has 1 N–H and O–H groups in total. The minimum Gasteiger partial charge on any atom is -0.363 e. The Balaban J connectivity index is 1.72. The van der Waals surface area contributed by atoms with Crippen molar-refractivity contribution in [2.75, 3.05) is 46.2 Å². The Hall–Kier alpha value is -1.73. The summed E-state index contributed by atoms with van der Waals surface area (Å²) in [5.74, 6) is 2.01. The summed E-state index contributed by atoms with van der Waals surface area (Å²) in [5.41, 5.74) is 0.994. The van der Waals surface area contributed by atoms with Crippen molar-refractivity contribution in [1.82, 2.24) is 25.1 Å². The van der Waals surface area contributed by atoms with Crippen molar-refractivity contribution < 1.29 is 4.79 Å². The van der Waals surface area contributed by atoms with Gasteiger partial charge in [0.1, 0.15) is 11.6 Å². The first-order chi connectivity index (χ1) is 13.5. The molecule has 3 rings (SSSR count). The Morgan fingerprint density at radius 2 is 1.89 bits per heavy atom. The molecule has 1 aromatic rings. The third-order valence-corrected chi connectivity index (χ3v) is 6.11. The van der Waals surface area contributed by atoms with Crippen LogP contribution in [0.5, 0.6) is 0 Å². The lowest BCUT2D eigenvalue weighted by molar-refractivity contribution is -0.134. The highest BCUT2D eigenvalue weighted by atomic mass is 16.2. The number of carbonyl (C=O) groups is 1. The molecule has 0 spiro atoms. The van der Waals surface area contributed by atoms with Crippen molar-refractivity contribution in [3.63, 3.8) is 0 Å². The zero-order valence-electron chi connectivity index (χ0n) is 17.9. The van der Waals surface area contributed by atoms with Crippen molar-refractivity contribution in [2.45, 2.75) is 63.6 Å². The fraction of sp³-hybridized carbons (Fsp3) is 0.762. The summed E-state index contributed by atoms with van der Waals surface area (Å²) in [6.45, 7) is 2.12. The maximum absolute atomic E-state index is 12.9. The first-order valence-corrected chi connectivity index (χ1v) is 10.7. The number of amides is 1. The summed E-state index contributed by atoms with van der Waals surface area (Å²) in [6.07, 6.45) is 8.18. The number of likely N-dealkylation sites (tertiary alicyclic amines) is 1. The molecule has 1 aromatic heterocycles. The maximum atomic E-state index is 12.9. The number of carbonyl (C=O) groups excluding carboxylic acids is 1. The van der Waals surface area contributed by atoms with Gasteiger partial charge in [-0.15, -0.1) is 0 Å². The van der Waals surface area contributed by atoms with Crippen LogP contribution in [0.2, 0.25) is 0 Å². The van der Waals surface area contributed by atoms with Crippen LogP contribution in [0.25, 0.3) is 0 Å². The van der Waals surface area contributed by atoms with Crippen LogP contribution in [0.1, 0.15) is 62.5 Å². The second-order valence-electron chi connectivity index (χ2n) is 8.43. The number of anilines is 1. The fourth-order valence-corrected chi connectivity index (χ4v) is 4.42. The summed E-state index contributed by atoms with van der Waals surface area (Å²) in [4.78, 5) is 28.9. The van der Waals surface area contributed by atoms with Gasteiger partial charge >= 0.3 is 0 Å². The van der Waals surface area contributed by atoms with Crippen LogP contribution < -0.4 is 10.2 Å². The number of nitrogens with one attached hydrogen (secondary N) is 1. The Morgan fingerprint density at radius 3 is 2.57 bits per heavy atom. The molecule has 28 heavy (non-hydrogen) atoms. The Morgan fingerprint density at radius 1 is 1.14 bits per heavy atom. The predicted octanol–water partition coefficient (Wildman–Crippen LogP) is 2.19. The molecular weight excluding hydrogens is 352 g/mol. The van der Waals surface area contributed by atoms with Crippen LogP contribution in [-0.2, 0) is 11.3 Å². The summed E-state index contributed by atoms with van der Waals surface area (Å²) >= 11 is 0. The normalized spacial score (nSPS) is 21.1. The molecular formula is C21H36N6O. The fourth-order valence-electron chi connectivity index (χ4n) is 4.42. The van der Waals surface area contributed by atoms with Crippen LogP contribution >= 0.6 is 0 Å². The van der Waals surface area contributed by atoms with E-state index in [0.29, 0.717) is 19.1 Å². The monoisotopic (exact) mass is 388 g/mol. The molecule has 156 valence electrons. The molecule has 2 aliphatic rings. The van der Waals surface area contributed by atoms with Gasteiger partial charge in [-0.25, -0.2) is 9.97 Å². The zero-order chi connectivity index (χ0) is 20.1. The van der Waals surface area contributed by atoms with E-state index in [-0.39, 0.29) is 11.9 Å². The molecule has 0 unspecified atom stereocenters. The zero-order valence-corrected chi connectivity index (χ0v) is 17.9. The molecule has 7 nitrogen and oxygen atoms in total. The Labute approximate surface area is 169 Å². The van der Waals surface area contributed by atoms with Crippen molar-refractivity contribution >= 4 is 11.7 Å². The van der Waals surface area contributed by atoms with Crippen LogP contribution in [0.3, 0.4) is 0 Å². The molecule has 0 aromatic carbocycles. The standard InChI is InChI=1S/C21H36N6O/c1-22-14-16-13-19(25(2)3)24-21(23-16)18-11-8-12-27(18)15-20(28)26(4)17-9-6-5-7-10-17/h13,17-18,22H,5-12,14-15H2,1-4H3/t18-/m0/s1. The maximum Gasteiger partial charge on any atom is 0.236 e. The molecule has 1 aliphatic carbocycles. The molecule has 7 heteroatoms. The SMILES string of the molecule is CNCc1cc(N(C)C)nc([C@@H]2CCCN2CC(=O)N(C)C2CCCCC2)n1. The molecule has 1 aliphatic heterocycles. The number of hydrogen-bond acceptors (Lipinski definition) is 6. The van der Waals surface area contributed by atoms with Gasteiger partial charge in [-0.1, -0.05) is 19.3 Å². The molecule has 2 fully saturated rings. The van der Waals surface area contributed by atoms with Gasteiger partial charge in [-0.2, -0.15) is 0 Å². The van der Waals surface area contributed by atoms with E-state index in [1.54, 1.807) is 0 Å². The van der Waals surface area contributed by atoms with Gasteiger partial charge < -0.3 is 15.1 Å². The van der Waals surface area contributed by atoms with E-state index in [1.807, 2.05) is 44.1 Å². The average molecular weight is 389 g/mol. The molecule has 1 saturated heterocycles. The highest BCUT2D eigenvalue weighted by molar-refractivity contribution is 5.78. The molecule has 0 radical (unpaired) electrons. The highest BCUT2D eigenvalue weighted by Gasteiger charge is 2.32. The van der Waals surface area contributed by atoms with Gasteiger partial charge in [-0.3, -0.25) is 9.69 Å². The number of aromatic nitrogens is 2. The second kappa shape index (κ2) is 9.65. The minimum absolute atomic E-state index is 0.124. The van der Waals surface area contributed by atoms with Gasteiger partial charge in [0, 0.05) is 39.8 Å². The first kappa shape index (κ1) is 21.0. The van der Waals surface area contributed by atoms with Gasteiger partial charge in [0.2, 0.25) is 5.91 Å². The lowest BCUT2D eigenvalue weighted by Gasteiger charge is -2.33. The van der Waals surface area contributed by atoms with E-state index < -0.39 is 0 Å². The van der Waals surface area contributed by atoms with E-state index in [1.165, 1.54) is 19.3 Å². The number of hydrogen-bond donors (Lipinski definition) is 1. The largest absolute Gasteiger partial charge is 0.363 e. The van der Waals surface area contributed by atoms with Crippen LogP contribution in [0.15, 0.2) is 6.07 Å². The second-order valence-corrected chi connectivity index (χ2v) is 8.43. The van der Waals surface area contributed by atoms with E-state index in [4.69, 9.17) is 9.97 Å². The quantitative estimate of drug-likeness (QED) is 0.772. The lowest BCUT2D eigenvalue weighted by Crippen LogP contribution is -2.44. The van der Waals surface area contributed by atoms with E-state index >= 15 is 0 Å².